The number of nitrogens with one attached hydrogen (secondary N) is 1. The normalized spacial score (nSPS) is 16.5. The van der Waals surface area contributed by atoms with Crippen molar-refractivity contribution < 1.29 is 0 Å². The predicted molar refractivity (Wildman–Crippen MR) is 68.8 cm³/mol. The second-order valence-electron chi connectivity index (χ2n) is 3.93. The Morgan fingerprint density at radius 2 is 2.00 bits per heavy atom. The zero-order chi connectivity index (χ0) is 11.5. The molecule has 0 bridgehead atoms. The summed E-state index contributed by atoms with van der Waals surface area (Å²) >= 11 is 6.04. The minimum Gasteiger partial charge on any atom is -0.398 e. The molecule has 0 aromatic heterocycles. The summed E-state index contributed by atoms with van der Waals surface area (Å²) in [5.41, 5.74) is 14.4. The van der Waals surface area contributed by atoms with Crippen LogP contribution in [0.3, 0.4) is 0 Å². The molecule has 0 aliphatic carbocycles. The average molecular weight is 241 g/mol. The van der Waals surface area contributed by atoms with Gasteiger partial charge in [-0.15, -0.1) is 0 Å². The van der Waals surface area contributed by atoms with Crippen LogP contribution in [0.5, 0.6) is 0 Å². The van der Waals surface area contributed by atoms with Gasteiger partial charge in [0.25, 0.3) is 0 Å². The molecule has 0 amide bonds. The number of anilines is 2. The lowest BCUT2D eigenvalue weighted by Gasteiger charge is -2.31. The molecule has 1 aromatic carbocycles. The Balaban J connectivity index is 2.36. The number of nitrogen functional groups attached to an aromatic ring is 1. The van der Waals surface area contributed by atoms with Crippen LogP contribution in [0.25, 0.3) is 0 Å². The minimum atomic E-state index is 0.447. The summed E-state index contributed by atoms with van der Waals surface area (Å²) in [6.45, 7) is 4.34. The number of halogens is 1. The highest BCUT2D eigenvalue weighted by Crippen LogP contribution is 2.30. The SMILES string of the molecule is NCc1c(N)cc(Cl)cc1N1CCNCC1. The lowest BCUT2D eigenvalue weighted by Crippen LogP contribution is -2.44. The van der Waals surface area contributed by atoms with Gasteiger partial charge in [0.15, 0.2) is 0 Å². The van der Waals surface area contributed by atoms with E-state index in [0.29, 0.717) is 17.3 Å². The van der Waals surface area contributed by atoms with Crippen LogP contribution in [-0.4, -0.2) is 26.2 Å². The Hall–Kier alpha value is -0.970. The maximum absolute atomic E-state index is 6.04. The molecule has 1 saturated heterocycles. The van der Waals surface area contributed by atoms with E-state index in [0.717, 1.165) is 37.4 Å². The van der Waals surface area contributed by atoms with Gasteiger partial charge in [0, 0.05) is 54.7 Å². The van der Waals surface area contributed by atoms with Crippen molar-refractivity contribution in [3.8, 4) is 0 Å². The summed E-state index contributed by atoms with van der Waals surface area (Å²) in [5.74, 6) is 0. The molecule has 0 unspecified atom stereocenters. The van der Waals surface area contributed by atoms with Gasteiger partial charge in [0.05, 0.1) is 0 Å². The molecular weight excluding hydrogens is 224 g/mol. The van der Waals surface area contributed by atoms with E-state index in [1.165, 1.54) is 0 Å². The Bertz CT molecular complexity index is 374. The van der Waals surface area contributed by atoms with Crippen LogP contribution in [-0.2, 0) is 6.54 Å². The van der Waals surface area contributed by atoms with E-state index in [1.54, 1.807) is 6.07 Å². The van der Waals surface area contributed by atoms with E-state index < -0.39 is 0 Å². The van der Waals surface area contributed by atoms with Crippen LogP contribution in [0, 0.1) is 0 Å². The van der Waals surface area contributed by atoms with Crippen LogP contribution >= 0.6 is 11.6 Å². The van der Waals surface area contributed by atoms with E-state index >= 15 is 0 Å². The first-order valence-corrected chi connectivity index (χ1v) is 5.84. The quantitative estimate of drug-likeness (QED) is 0.669. The van der Waals surface area contributed by atoms with Gasteiger partial charge in [-0.05, 0) is 12.1 Å². The summed E-state index contributed by atoms with van der Waals surface area (Å²) < 4.78 is 0. The molecule has 1 heterocycles. The zero-order valence-corrected chi connectivity index (χ0v) is 9.93. The van der Waals surface area contributed by atoms with Crippen molar-refractivity contribution in [2.24, 2.45) is 5.73 Å². The van der Waals surface area contributed by atoms with E-state index in [2.05, 4.69) is 10.2 Å². The summed E-state index contributed by atoms with van der Waals surface area (Å²) in [6.07, 6.45) is 0. The van der Waals surface area contributed by atoms with Crippen LogP contribution in [0.4, 0.5) is 11.4 Å². The molecule has 1 aliphatic rings. The molecule has 16 heavy (non-hydrogen) atoms. The molecule has 0 radical (unpaired) electrons. The molecule has 5 N–H and O–H groups in total. The van der Waals surface area contributed by atoms with Gasteiger partial charge in [-0.1, -0.05) is 11.6 Å². The van der Waals surface area contributed by atoms with Gasteiger partial charge in [-0.25, -0.2) is 0 Å². The molecular formula is C11H17ClN4. The predicted octanol–water partition coefficient (Wildman–Crippen LogP) is 0.790. The van der Waals surface area contributed by atoms with Gasteiger partial charge >= 0.3 is 0 Å². The standard InChI is InChI=1S/C11H17ClN4/c12-8-5-10(14)9(7-13)11(6-8)16-3-1-15-2-4-16/h5-6,15H,1-4,7,13-14H2. The first kappa shape index (κ1) is 11.5. The van der Waals surface area contributed by atoms with Crippen molar-refractivity contribution in [3.05, 3.63) is 22.7 Å². The third-order valence-corrected chi connectivity index (χ3v) is 3.11. The van der Waals surface area contributed by atoms with E-state index in [4.69, 9.17) is 23.1 Å². The second kappa shape index (κ2) is 4.91. The molecule has 1 aromatic rings. The monoisotopic (exact) mass is 240 g/mol. The largest absolute Gasteiger partial charge is 0.398 e. The van der Waals surface area contributed by atoms with Gasteiger partial charge in [-0.3, -0.25) is 0 Å². The fourth-order valence-electron chi connectivity index (χ4n) is 2.05. The third kappa shape index (κ3) is 2.24. The van der Waals surface area contributed by atoms with Gasteiger partial charge in [0.2, 0.25) is 0 Å². The van der Waals surface area contributed by atoms with Crippen molar-refractivity contribution in [2.75, 3.05) is 36.8 Å². The van der Waals surface area contributed by atoms with Gasteiger partial charge in [0.1, 0.15) is 0 Å². The van der Waals surface area contributed by atoms with Crippen LogP contribution in [0.2, 0.25) is 5.02 Å². The fourth-order valence-corrected chi connectivity index (χ4v) is 2.27. The summed E-state index contributed by atoms with van der Waals surface area (Å²) in [4.78, 5) is 2.28. The maximum atomic E-state index is 6.04. The first-order chi connectivity index (χ1) is 7.72. The number of nitrogens with two attached hydrogens (primary N) is 2. The van der Waals surface area contributed by atoms with Crippen LogP contribution in [0.15, 0.2) is 12.1 Å². The number of piperazine rings is 1. The highest BCUT2D eigenvalue weighted by Gasteiger charge is 2.16. The Kier molecular flexibility index (Phi) is 3.53. The number of nitrogens with zero attached hydrogens (tertiary/aromatic N) is 1. The van der Waals surface area contributed by atoms with Crippen molar-refractivity contribution in [1.29, 1.82) is 0 Å². The van der Waals surface area contributed by atoms with Crippen molar-refractivity contribution in [1.82, 2.24) is 5.32 Å². The molecule has 1 aliphatic heterocycles. The smallest absolute Gasteiger partial charge is 0.0448 e. The van der Waals surface area contributed by atoms with Crippen molar-refractivity contribution >= 4 is 23.0 Å². The Morgan fingerprint density at radius 3 is 2.62 bits per heavy atom. The van der Waals surface area contributed by atoms with E-state index in [-0.39, 0.29) is 0 Å². The minimum absolute atomic E-state index is 0.447. The van der Waals surface area contributed by atoms with E-state index in [9.17, 15) is 0 Å². The van der Waals surface area contributed by atoms with Crippen LogP contribution < -0.4 is 21.7 Å². The molecule has 1 fully saturated rings. The third-order valence-electron chi connectivity index (χ3n) is 2.89. The maximum Gasteiger partial charge on any atom is 0.0448 e. The van der Waals surface area contributed by atoms with Gasteiger partial charge in [-0.2, -0.15) is 0 Å². The molecule has 0 saturated carbocycles. The number of rotatable bonds is 2. The van der Waals surface area contributed by atoms with Gasteiger partial charge < -0.3 is 21.7 Å². The molecule has 0 atom stereocenters. The molecule has 2 rings (SSSR count). The molecule has 4 nitrogen and oxygen atoms in total. The number of benzene rings is 1. The highest BCUT2D eigenvalue weighted by molar-refractivity contribution is 6.31. The van der Waals surface area contributed by atoms with Crippen molar-refractivity contribution in [2.45, 2.75) is 6.54 Å². The van der Waals surface area contributed by atoms with E-state index in [1.807, 2.05) is 6.07 Å². The average Bonchev–Trinajstić information content (AvgIpc) is 2.29. The topological polar surface area (TPSA) is 67.3 Å². The first-order valence-electron chi connectivity index (χ1n) is 5.46. The lowest BCUT2D eigenvalue weighted by molar-refractivity contribution is 0.588. The molecule has 0 spiro atoms. The Morgan fingerprint density at radius 1 is 1.31 bits per heavy atom. The molecule has 88 valence electrons. The molecule has 5 heteroatoms. The summed E-state index contributed by atoms with van der Waals surface area (Å²) in [5, 5.41) is 3.98. The summed E-state index contributed by atoms with van der Waals surface area (Å²) in [6, 6.07) is 3.71. The Labute approximate surface area is 101 Å². The fraction of sp³-hybridized carbons (Fsp3) is 0.455. The highest BCUT2D eigenvalue weighted by atomic mass is 35.5. The second-order valence-corrected chi connectivity index (χ2v) is 4.37. The number of hydrogen-bond donors (Lipinski definition) is 3. The zero-order valence-electron chi connectivity index (χ0n) is 9.17. The summed E-state index contributed by atoms with van der Waals surface area (Å²) in [7, 11) is 0. The lowest BCUT2D eigenvalue weighted by atomic mass is 10.1. The number of hydrogen-bond acceptors (Lipinski definition) is 4. The van der Waals surface area contributed by atoms with Crippen molar-refractivity contribution in [3.63, 3.8) is 0 Å². The van der Waals surface area contributed by atoms with Crippen LogP contribution in [0.1, 0.15) is 5.56 Å².